The number of hydrogen-bond acceptors (Lipinski definition) is 4. The third-order valence-electron chi connectivity index (χ3n) is 2.53. The number of carboxylic acids is 1. The number of benzene rings is 2. The minimum atomic E-state index is -1.25. The van der Waals surface area contributed by atoms with Gasteiger partial charge in [-0.15, -0.1) is 0 Å². The van der Waals surface area contributed by atoms with Gasteiger partial charge in [-0.25, -0.2) is 4.79 Å². The first-order valence-corrected chi connectivity index (χ1v) is 6.71. The molecule has 0 fully saturated rings. The number of nitro benzene ring substituents is 1. The Morgan fingerprint density at radius 3 is 2.67 bits per heavy atom. The number of para-hydroxylation sites is 1. The normalized spacial score (nSPS) is 10.2. The molecule has 0 saturated heterocycles. The van der Waals surface area contributed by atoms with Crippen LogP contribution in [0.15, 0.2) is 40.9 Å². The first-order chi connectivity index (χ1) is 9.90. The monoisotopic (exact) mass is 371 g/mol. The highest BCUT2D eigenvalue weighted by Gasteiger charge is 2.21. The molecule has 0 saturated carbocycles. The lowest BCUT2D eigenvalue weighted by atomic mass is 10.2. The summed E-state index contributed by atoms with van der Waals surface area (Å²) < 4.78 is 5.76. The first-order valence-electron chi connectivity index (χ1n) is 5.53. The van der Waals surface area contributed by atoms with E-state index in [2.05, 4.69) is 15.9 Å². The fourth-order valence-electron chi connectivity index (χ4n) is 1.61. The number of carbonyl (C=O) groups is 1. The third kappa shape index (κ3) is 3.32. The Bertz CT molecular complexity index is 734. The Balaban J connectivity index is 2.53. The second kappa shape index (κ2) is 6.11. The molecule has 21 heavy (non-hydrogen) atoms. The molecule has 8 heteroatoms. The predicted molar refractivity (Wildman–Crippen MR) is 79.3 cm³/mol. The van der Waals surface area contributed by atoms with Gasteiger partial charge in [0.15, 0.2) is 0 Å². The topological polar surface area (TPSA) is 89.7 Å². The largest absolute Gasteiger partial charge is 0.478 e. The lowest BCUT2D eigenvalue weighted by Gasteiger charge is -2.10. The molecule has 6 nitrogen and oxygen atoms in total. The van der Waals surface area contributed by atoms with E-state index in [1.54, 1.807) is 6.07 Å². The van der Waals surface area contributed by atoms with E-state index in [9.17, 15) is 14.9 Å². The van der Waals surface area contributed by atoms with E-state index in [1.807, 2.05) is 0 Å². The fourth-order valence-corrected chi connectivity index (χ4v) is 2.22. The molecular weight excluding hydrogens is 366 g/mol. The Labute approximate surface area is 132 Å². The van der Waals surface area contributed by atoms with Gasteiger partial charge >= 0.3 is 11.7 Å². The molecule has 2 aromatic carbocycles. The van der Waals surface area contributed by atoms with Crippen LogP contribution in [0.4, 0.5) is 5.69 Å². The van der Waals surface area contributed by atoms with Crippen molar-refractivity contribution in [3.05, 3.63) is 61.6 Å². The smallest absolute Gasteiger partial charge is 0.339 e. The summed E-state index contributed by atoms with van der Waals surface area (Å²) in [5.74, 6) is -1.36. The molecule has 1 N–H and O–H groups in total. The number of nitrogens with zero attached hydrogens (tertiary/aromatic N) is 1. The molecule has 0 bridgehead atoms. The van der Waals surface area contributed by atoms with Gasteiger partial charge in [-0.3, -0.25) is 10.1 Å². The molecule has 0 atom stereocenters. The van der Waals surface area contributed by atoms with Crippen LogP contribution in [0.3, 0.4) is 0 Å². The van der Waals surface area contributed by atoms with Crippen molar-refractivity contribution >= 4 is 39.2 Å². The summed E-state index contributed by atoms with van der Waals surface area (Å²) in [5, 5.41) is 20.4. The van der Waals surface area contributed by atoms with Crippen LogP contribution < -0.4 is 4.74 Å². The molecule has 0 aliphatic rings. The number of nitro groups is 1. The lowest BCUT2D eigenvalue weighted by Crippen LogP contribution is -2.01. The molecule has 0 radical (unpaired) electrons. The standard InChI is InChI=1S/C13H7BrClNO5/c14-9-2-1-3-10(16(19)20)12(9)21-11-5-4-7(15)6-8(11)13(17)18/h1-6H,(H,17,18). The van der Waals surface area contributed by atoms with E-state index < -0.39 is 10.9 Å². The summed E-state index contributed by atoms with van der Waals surface area (Å²) >= 11 is 8.89. The fraction of sp³-hybridized carbons (Fsp3) is 0. The summed E-state index contributed by atoms with van der Waals surface area (Å²) in [6, 6.07) is 8.28. The quantitative estimate of drug-likeness (QED) is 0.630. The second-order valence-corrected chi connectivity index (χ2v) is 5.18. The molecule has 2 rings (SSSR count). The molecule has 0 heterocycles. The zero-order valence-electron chi connectivity index (χ0n) is 10.2. The molecule has 0 aromatic heterocycles. The maximum Gasteiger partial charge on any atom is 0.339 e. The Morgan fingerprint density at radius 1 is 1.33 bits per heavy atom. The maximum atomic E-state index is 11.2. The molecule has 0 unspecified atom stereocenters. The minimum Gasteiger partial charge on any atom is -0.478 e. The van der Waals surface area contributed by atoms with Crippen molar-refractivity contribution in [1.29, 1.82) is 0 Å². The maximum absolute atomic E-state index is 11.2. The van der Waals surface area contributed by atoms with E-state index in [-0.39, 0.29) is 27.8 Å². The molecule has 0 aliphatic heterocycles. The number of ether oxygens (including phenoxy) is 1. The van der Waals surface area contributed by atoms with Gasteiger partial charge in [-0.05, 0) is 40.2 Å². The van der Waals surface area contributed by atoms with Crippen molar-refractivity contribution in [2.24, 2.45) is 0 Å². The van der Waals surface area contributed by atoms with Crippen molar-refractivity contribution in [2.45, 2.75) is 0 Å². The van der Waals surface area contributed by atoms with E-state index in [0.29, 0.717) is 4.47 Å². The van der Waals surface area contributed by atoms with E-state index >= 15 is 0 Å². The first kappa shape index (κ1) is 15.3. The number of hydrogen-bond donors (Lipinski definition) is 1. The van der Waals surface area contributed by atoms with Crippen molar-refractivity contribution < 1.29 is 19.6 Å². The van der Waals surface area contributed by atoms with Crippen LogP contribution in [0.5, 0.6) is 11.5 Å². The van der Waals surface area contributed by atoms with Crippen LogP contribution in [0.2, 0.25) is 5.02 Å². The van der Waals surface area contributed by atoms with Gasteiger partial charge in [0.05, 0.1) is 9.40 Å². The average Bonchev–Trinajstić information content (AvgIpc) is 2.42. The number of carboxylic acid groups (broad SMARTS) is 1. The summed E-state index contributed by atoms with van der Waals surface area (Å²) in [6.45, 7) is 0. The van der Waals surface area contributed by atoms with Gasteiger partial charge in [-0.1, -0.05) is 17.7 Å². The zero-order valence-corrected chi connectivity index (χ0v) is 12.6. The van der Waals surface area contributed by atoms with E-state index in [0.717, 1.165) is 0 Å². The molecule has 108 valence electrons. The minimum absolute atomic E-state index is 0.0399. The zero-order chi connectivity index (χ0) is 15.6. The van der Waals surface area contributed by atoms with Crippen LogP contribution in [-0.4, -0.2) is 16.0 Å². The molecular formula is C13H7BrClNO5. The number of rotatable bonds is 4. The second-order valence-electron chi connectivity index (χ2n) is 3.89. The summed E-state index contributed by atoms with van der Waals surface area (Å²) in [4.78, 5) is 21.6. The van der Waals surface area contributed by atoms with E-state index in [1.165, 1.54) is 30.3 Å². The van der Waals surface area contributed by atoms with Crippen LogP contribution in [0.25, 0.3) is 0 Å². The lowest BCUT2D eigenvalue weighted by molar-refractivity contribution is -0.385. The molecule has 0 amide bonds. The van der Waals surface area contributed by atoms with Gasteiger partial charge in [0, 0.05) is 11.1 Å². The Kier molecular flexibility index (Phi) is 4.44. The van der Waals surface area contributed by atoms with Gasteiger partial charge in [0.1, 0.15) is 11.3 Å². The van der Waals surface area contributed by atoms with Crippen LogP contribution in [0, 0.1) is 10.1 Å². The summed E-state index contributed by atoms with van der Waals surface area (Å²) in [6.07, 6.45) is 0. The number of halogens is 2. The highest BCUT2D eigenvalue weighted by Crippen LogP contribution is 2.39. The third-order valence-corrected chi connectivity index (χ3v) is 3.39. The van der Waals surface area contributed by atoms with Gasteiger partial charge in [0.25, 0.3) is 0 Å². The van der Waals surface area contributed by atoms with Crippen molar-refractivity contribution in [3.8, 4) is 11.5 Å². The van der Waals surface area contributed by atoms with Crippen molar-refractivity contribution in [1.82, 2.24) is 0 Å². The molecule has 0 aliphatic carbocycles. The van der Waals surface area contributed by atoms with Crippen LogP contribution in [0.1, 0.15) is 10.4 Å². The molecule has 0 spiro atoms. The summed E-state index contributed by atoms with van der Waals surface area (Å²) in [5.41, 5.74) is -0.469. The van der Waals surface area contributed by atoms with E-state index in [4.69, 9.17) is 21.4 Å². The SMILES string of the molecule is O=C(O)c1cc(Cl)ccc1Oc1c(Br)cccc1[N+](=O)[O-]. The van der Waals surface area contributed by atoms with Gasteiger partial charge < -0.3 is 9.84 Å². The highest BCUT2D eigenvalue weighted by molar-refractivity contribution is 9.10. The van der Waals surface area contributed by atoms with Crippen molar-refractivity contribution in [2.75, 3.05) is 0 Å². The number of aromatic carboxylic acids is 1. The molecule has 2 aromatic rings. The average molecular weight is 373 g/mol. The van der Waals surface area contributed by atoms with Crippen LogP contribution >= 0.6 is 27.5 Å². The van der Waals surface area contributed by atoms with Gasteiger partial charge in [0.2, 0.25) is 5.75 Å². The predicted octanol–water partition coefficient (Wildman–Crippen LogP) is 4.50. The van der Waals surface area contributed by atoms with Crippen molar-refractivity contribution in [3.63, 3.8) is 0 Å². The Hall–Kier alpha value is -2.12. The van der Waals surface area contributed by atoms with Crippen LogP contribution in [-0.2, 0) is 0 Å². The Morgan fingerprint density at radius 2 is 2.05 bits per heavy atom. The summed E-state index contributed by atoms with van der Waals surface area (Å²) in [7, 11) is 0. The van der Waals surface area contributed by atoms with Gasteiger partial charge in [-0.2, -0.15) is 0 Å². The highest BCUT2D eigenvalue weighted by atomic mass is 79.9.